The number of methoxy groups -OCH3 is 3. The first kappa shape index (κ1) is 33.0. The van der Waals surface area contributed by atoms with Gasteiger partial charge in [0, 0.05) is 11.6 Å². The lowest BCUT2D eigenvalue weighted by Crippen LogP contribution is -2.40. The number of carbonyl (C=O) groups is 1. The van der Waals surface area contributed by atoms with Crippen LogP contribution in [-0.2, 0) is 16.1 Å². The summed E-state index contributed by atoms with van der Waals surface area (Å²) in [6, 6.07) is 22.4. The quantitative estimate of drug-likeness (QED) is 0.155. The average Bonchev–Trinajstić information content (AvgIpc) is 3.40. The molecule has 48 heavy (non-hydrogen) atoms. The molecule has 0 aliphatic carbocycles. The summed E-state index contributed by atoms with van der Waals surface area (Å²) in [6.07, 6.45) is 1.78. The molecule has 6 rings (SSSR count). The molecule has 0 saturated carbocycles. The predicted octanol–water partition coefficient (Wildman–Crippen LogP) is 6.32. The van der Waals surface area contributed by atoms with Crippen molar-refractivity contribution in [3.8, 4) is 23.0 Å². The zero-order chi connectivity index (χ0) is 33.9. The minimum absolute atomic E-state index is 0.171. The lowest BCUT2D eigenvalue weighted by Gasteiger charge is -2.26. The maximum absolute atomic E-state index is 14.2. The van der Waals surface area contributed by atoms with Crippen LogP contribution < -0.4 is 33.8 Å². The van der Waals surface area contributed by atoms with Crippen LogP contribution in [0.3, 0.4) is 0 Å². The van der Waals surface area contributed by atoms with Crippen LogP contribution in [0.25, 0.3) is 16.8 Å². The number of hydrogen-bond donors (Lipinski definition) is 0. The topological polar surface area (TPSA) is 97.6 Å². The van der Waals surface area contributed by atoms with Crippen molar-refractivity contribution in [1.29, 1.82) is 0 Å². The second kappa shape index (κ2) is 14.1. The van der Waals surface area contributed by atoms with Gasteiger partial charge in [-0.15, -0.1) is 0 Å². The summed E-state index contributed by atoms with van der Waals surface area (Å²) in [5.41, 5.74) is 2.76. The first-order valence-electron chi connectivity index (χ1n) is 15.2. The molecular weight excluding hydrogens is 696 g/mol. The molecule has 4 aromatic carbocycles. The van der Waals surface area contributed by atoms with Crippen molar-refractivity contribution in [2.75, 3.05) is 27.9 Å². The van der Waals surface area contributed by atoms with Gasteiger partial charge in [0.15, 0.2) is 16.3 Å². The molecular formula is C37H33BrN2O7S. The van der Waals surface area contributed by atoms with E-state index in [-0.39, 0.29) is 17.7 Å². The smallest absolute Gasteiger partial charge is 0.338 e. The molecule has 0 saturated heterocycles. The summed E-state index contributed by atoms with van der Waals surface area (Å²) in [7, 11) is 4.66. The standard InChI is InChI=1S/C37H33BrN2O7S/c1-6-46-36(42)32-21(2)39-37-40(33(32)27-15-14-25(43-3)19-29(27)44-4)35(41)31(48-37)18-22-16-28(38)34(30(17-22)45-5)47-20-24-12-9-11-23-10-7-8-13-26(23)24/h7-19,33H,6,20H2,1-5H3/b31-18-/t33-/m0/s1. The van der Waals surface area contributed by atoms with Crippen LogP contribution in [0.1, 0.15) is 36.6 Å². The number of halogens is 1. The van der Waals surface area contributed by atoms with E-state index in [9.17, 15) is 9.59 Å². The molecule has 5 aromatic rings. The van der Waals surface area contributed by atoms with E-state index in [4.69, 9.17) is 23.7 Å². The van der Waals surface area contributed by atoms with E-state index in [1.807, 2.05) is 36.4 Å². The van der Waals surface area contributed by atoms with Crippen LogP contribution in [0.15, 0.2) is 98.3 Å². The Morgan fingerprint density at radius 2 is 1.75 bits per heavy atom. The molecule has 9 nitrogen and oxygen atoms in total. The molecule has 0 N–H and O–H groups in total. The number of carbonyl (C=O) groups excluding carboxylic acids is 1. The van der Waals surface area contributed by atoms with E-state index in [0.717, 1.165) is 16.3 Å². The average molecular weight is 730 g/mol. The molecule has 0 unspecified atom stereocenters. The minimum Gasteiger partial charge on any atom is -0.497 e. The van der Waals surface area contributed by atoms with Gasteiger partial charge in [-0.2, -0.15) is 0 Å². The minimum atomic E-state index is -0.838. The number of allylic oxidation sites excluding steroid dienone is 1. The molecule has 11 heteroatoms. The summed E-state index contributed by atoms with van der Waals surface area (Å²) in [4.78, 5) is 32.7. The molecule has 1 aromatic heterocycles. The van der Waals surface area contributed by atoms with Gasteiger partial charge in [0.25, 0.3) is 5.56 Å². The second-order valence-corrected chi connectivity index (χ2v) is 12.7. The normalized spacial score (nSPS) is 14.4. The highest BCUT2D eigenvalue weighted by molar-refractivity contribution is 9.10. The van der Waals surface area contributed by atoms with Gasteiger partial charge in [0.2, 0.25) is 0 Å². The van der Waals surface area contributed by atoms with Crippen molar-refractivity contribution in [2.24, 2.45) is 4.99 Å². The number of hydrogen-bond acceptors (Lipinski definition) is 9. The van der Waals surface area contributed by atoms with Crippen LogP contribution in [0.2, 0.25) is 0 Å². The lowest BCUT2D eigenvalue weighted by molar-refractivity contribution is -0.139. The summed E-state index contributed by atoms with van der Waals surface area (Å²) < 4.78 is 31.1. The molecule has 1 aliphatic rings. The Balaban J connectivity index is 1.42. The largest absolute Gasteiger partial charge is 0.497 e. The molecule has 246 valence electrons. The third kappa shape index (κ3) is 6.23. The van der Waals surface area contributed by atoms with Crippen molar-refractivity contribution in [3.63, 3.8) is 0 Å². The fraction of sp³-hybridized carbons (Fsp3) is 0.216. The number of benzene rings is 4. The molecule has 0 spiro atoms. The molecule has 0 radical (unpaired) electrons. The summed E-state index contributed by atoms with van der Waals surface area (Å²) >= 11 is 4.89. The van der Waals surface area contributed by atoms with Crippen LogP contribution in [0.5, 0.6) is 23.0 Å². The number of aromatic nitrogens is 1. The Morgan fingerprint density at radius 3 is 2.50 bits per heavy atom. The van der Waals surface area contributed by atoms with Gasteiger partial charge in [-0.25, -0.2) is 9.79 Å². The fourth-order valence-corrected chi connectivity index (χ4v) is 7.43. The van der Waals surface area contributed by atoms with Gasteiger partial charge in [0.1, 0.15) is 24.1 Å². The molecule has 0 fully saturated rings. The lowest BCUT2D eigenvalue weighted by atomic mass is 9.95. The highest BCUT2D eigenvalue weighted by Crippen LogP contribution is 2.39. The van der Waals surface area contributed by atoms with E-state index in [1.54, 1.807) is 52.3 Å². The van der Waals surface area contributed by atoms with Crippen molar-refractivity contribution in [1.82, 2.24) is 4.57 Å². The van der Waals surface area contributed by atoms with Crippen molar-refractivity contribution in [3.05, 3.63) is 125 Å². The monoisotopic (exact) mass is 728 g/mol. The number of rotatable bonds is 10. The number of nitrogens with zero attached hydrogens (tertiary/aromatic N) is 2. The Morgan fingerprint density at radius 1 is 0.979 bits per heavy atom. The summed E-state index contributed by atoms with van der Waals surface area (Å²) in [6.45, 7) is 3.99. The Hall–Kier alpha value is -4.87. The van der Waals surface area contributed by atoms with Gasteiger partial charge in [0.05, 0.1) is 48.2 Å². The fourth-order valence-electron chi connectivity index (χ4n) is 5.81. The van der Waals surface area contributed by atoms with Crippen molar-refractivity contribution >= 4 is 50.1 Å². The first-order chi connectivity index (χ1) is 23.3. The van der Waals surface area contributed by atoms with E-state index in [1.165, 1.54) is 23.0 Å². The maximum Gasteiger partial charge on any atom is 0.338 e. The van der Waals surface area contributed by atoms with Crippen molar-refractivity contribution in [2.45, 2.75) is 26.5 Å². The van der Waals surface area contributed by atoms with Crippen LogP contribution in [-0.4, -0.2) is 38.5 Å². The van der Waals surface area contributed by atoms with E-state index >= 15 is 0 Å². The molecule has 2 heterocycles. The highest BCUT2D eigenvalue weighted by atomic mass is 79.9. The van der Waals surface area contributed by atoms with E-state index < -0.39 is 12.0 Å². The van der Waals surface area contributed by atoms with Crippen LogP contribution in [0.4, 0.5) is 0 Å². The third-order valence-electron chi connectivity index (χ3n) is 8.05. The number of fused-ring (bicyclic) bond motifs is 2. The highest BCUT2D eigenvalue weighted by Gasteiger charge is 2.35. The number of thiazole rings is 1. The van der Waals surface area contributed by atoms with Gasteiger partial charge in [-0.1, -0.05) is 53.8 Å². The maximum atomic E-state index is 14.2. The Kier molecular flexibility index (Phi) is 9.70. The van der Waals surface area contributed by atoms with Gasteiger partial charge in [-0.05, 0) is 82.0 Å². The second-order valence-electron chi connectivity index (χ2n) is 10.9. The van der Waals surface area contributed by atoms with Crippen LogP contribution >= 0.6 is 27.3 Å². The van der Waals surface area contributed by atoms with Gasteiger partial charge in [-0.3, -0.25) is 9.36 Å². The Labute approximate surface area is 289 Å². The summed E-state index contributed by atoms with van der Waals surface area (Å²) in [5, 5.41) is 2.26. The van der Waals surface area contributed by atoms with Gasteiger partial charge >= 0.3 is 5.97 Å². The Bertz CT molecular complexity index is 2250. The van der Waals surface area contributed by atoms with E-state index in [2.05, 4.69) is 39.1 Å². The molecule has 0 bridgehead atoms. The number of esters is 1. The van der Waals surface area contributed by atoms with Crippen LogP contribution in [0, 0.1) is 0 Å². The zero-order valence-electron chi connectivity index (χ0n) is 27.0. The SMILES string of the molecule is CCOC(=O)C1=C(C)N=c2s/c(=C\c3cc(Br)c(OCc4cccc5ccccc45)c(OC)c3)c(=O)n2[C@H]1c1ccc(OC)cc1OC. The van der Waals surface area contributed by atoms with Gasteiger partial charge < -0.3 is 23.7 Å². The first-order valence-corrected chi connectivity index (χ1v) is 16.8. The summed E-state index contributed by atoms with van der Waals surface area (Å²) in [5.74, 6) is 1.53. The third-order valence-corrected chi connectivity index (χ3v) is 9.63. The predicted molar refractivity (Wildman–Crippen MR) is 189 cm³/mol. The number of ether oxygens (including phenoxy) is 5. The molecule has 0 amide bonds. The molecule has 1 atom stereocenters. The molecule has 1 aliphatic heterocycles. The van der Waals surface area contributed by atoms with Crippen molar-refractivity contribution < 1.29 is 28.5 Å². The zero-order valence-corrected chi connectivity index (χ0v) is 29.4. The van der Waals surface area contributed by atoms with E-state index in [0.29, 0.717) is 60.2 Å².